The van der Waals surface area contributed by atoms with Crippen LogP contribution in [-0.2, 0) is 0 Å². The van der Waals surface area contributed by atoms with Crippen molar-refractivity contribution in [2.24, 2.45) is 5.84 Å². The molecule has 0 aromatic heterocycles. The Morgan fingerprint density at radius 3 is 2.93 bits per heavy atom. The predicted octanol–water partition coefficient (Wildman–Crippen LogP) is 2.47. The highest BCUT2D eigenvalue weighted by molar-refractivity contribution is 14.1. The zero-order chi connectivity index (χ0) is 10.6. The van der Waals surface area contributed by atoms with Crippen molar-refractivity contribution in [3.05, 3.63) is 32.4 Å². The van der Waals surface area contributed by atoms with Gasteiger partial charge >= 0.3 is 0 Å². The van der Waals surface area contributed by atoms with Crippen molar-refractivity contribution in [3.8, 4) is 12.3 Å². The number of hydrogen-bond donors (Lipinski definition) is 2. The number of rotatable bonds is 3. The zero-order valence-corrected chi connectivity index (χ0v) is 10.3. The lowest BCUT2D eigenvalue weighted by Crippen LogP contribution is -2.28. The Morgan fingerprint density at radius 1 is 1.64 bits per heavy atom. The minimum absolute atomic E-state index is 0.0365. The third-order valence-corrected chi connectivity index (χ3v) is 3.07. The molecule has 14 heavy (non-hydrogen) atoms. The van der Waals surface area contributed by atoms with E-state index in [2.05, 4.69) is 33.9 Å². The molecule has 0 aliphatic rings. The van der Waals surface area contributed by atoms with Crippen LogP contribution in [0.1, 0.15) is 18.0 Å². The first-order valence-electron chi connectivity index (χ1n) is 4.03. The largest absolute Gasteiger partial charge is 0.271 e. The smallest absolute Gasteiger partial charge is 0.0580 e. The van der Waals surface area contributed by atoms with E-state index in [1.54, 1.807) is 0 Å². The normalized spacial score (nSPS) is 12.1. The average molecular weight is 321 g/mol. The van der Waals surface area contributed by atoms with Crippen molar-refractivity contribution >= 4 is 34.2 Å². The lowest BCUT2D eigenvalue weighted by Gasteiger charge is -2.15. The lowest BCUT2D eigenvalue weighted by molar-refractivity contribution is 0.566. The number of benzene rings is 1. The summed E-state index contributed by atoms with van der Waals surface area (Å²) in [6.45, 7) is 0. The van der Waals surface area contributed by atoms with Gasteiger partial charge in [0, 0.05) is 15.0 Å². The summed E-state index contributed by atoms with van der Waals surface area (Å²) in [5, 5.41) is 0.692. The molecule has 4 heteroatoms. The number of halogens is 2. The van der Waals surface area contributed by atoms with Gasteiger partial charge in [0.1, 0.15) is 0 Å². The number of terminal acetylenes is 1. The van der Waals surface area contributed by atoms with Crippen LogP contribution in [-0.4, -0.2) is 0 Å². The number of hydrazine groups is 1. The maximum Gasteiger partial charge on any atom is 0.0580 e. The molecular weight excluding hydrogens is 310 g/mol. The molecule has 74 valence electrons. The third-order valence-electron chi connectivity index (χ3n) is 1.86. The second kappa shape index (κ2) is 5.56. The van der Waals surface area contributed by atoms with Crippen LogP contribution < -0.4 is 11.3 Å². The molecular formula is C10H10ClIN2. The molecule has 2 nitrogen and oxygen atoms in total. The van der Waals surface area contributed by atoms with Crippen molar-refractivity contribution in [2.45, 2.75) is 12.5 Å². The lowest BCUT2D eigenvalue weighted by atomic mass is 10.1. The van der Waals surface area contributed by atoms with Gasteiger partial charge in [-0.25, -0.2) is 0 Å². The highest BCUT2D eigenvalue weighted by Crippen LogP contribution is 2.25. The van der Waals surface area contributed by atoms with Crippen molar-refractivity contribution in [3.63, 3.8) is 0 Å². The van der Waals surface area contributed by atoms with E-state index >= 15 is 0 Å². The van der Waals surface area contributed by atoms with Gasteiger partial charge in [0.25, 0.3) is 0 Å². The molecule has 0 bridgehead atoms. The molecule has 0 aliphatic carbocycles. The van der Waals surface area contributed by atoms with Crippen LogP contribution in [0.15, 0.2) is 18.2 Å². The molecule has 0 saturated heterocycles. The van der Waals surface area contributed by atoms with E-state index < -0.39 is 0 Å². The fourth-order valence-electron chi connectivity index (χ4n) is 1.16. The first-order chi connectivity index (χ1) is 6.69. The standard InChI is InChI=1S/C10H10ClIN2/c1-2-3-10(14-13)8-6-7(11)4-5-9(8)12/h1,4-6,10,14H,3,13H2. The second-order valence-corrected chi connectivity index (χ2v) is 4.39. The zero-order valence-electron chi connectivity index (χ0n) is 7.43. The summed E-state index contributed by atoms with van der Waals surface area (Å²) < 4.78 is 1.10. The minimum atomic E-state index is -0.0365. The van der Waals surface area contributed by atoms with Crippen molar-refractivity contribution in [1.82, 2.24) is 5.43 Å². The minimum Gasteiger partial charge on any atom is -0.271 e. The first-order valence-corrected chi connectivity index (χ1v) is 5.49. The summed E-state index contributed by atoms with van der Waals surface area (Å²) in [5.74, 6) is 7.99. The van der Waals surface area contributed by atoms with Gasteiger partial charge in [0.2, 0.25) is 0 Å². The Kier molecular flexibility index (Phi) is 4.69. The Hall–Kier alpha value is -0.280. The van der Waals surface area contributed by atoms with Crippen molar-refractivity contribution in [2.75, 3.05) is 0 Å². The molecule has 0 spiro atoms. The molecule has 1 atom stereocenters. The molecule has 0 fully saturated rings. The summed E-state index contributed by atoms with van der Waals surface area (Å²) in [4.78, 5) is 0. The number of hydrogen-bond acceptors (Lipinski definition) is 2. The van der Waals surface area contributed by atoms with Crippen molar-refractivity contribution in [1.29, 1.82) is 0 Å². The Bertz CT molecular complexity index is 360. The molecule has 0 amide bonds. The molecule has 1 unspecified atom stereocenters. The van der Waals surface area contributed by atoms with Gasteiger partial charge in [-0.05, 0) is 46.4 Å². The van der Waals surface area contributed by atoms with Crippen LogP contribution in [0, 0.1) is 15.9 Å². The highest BCUT2D eigenvalue weighted by atomic mass is 127. The Labute approximate surface area is 102 Å². The highest BCUT2D eigenvalue weighted by Gasteiger charge is 2.11. The van der Waals surface area contributed by atoms with Crippen LogP contribution in [0.3, 0.4) is 0 Å². The van der Waals surface area contributed by atoms with Gasteiger partial charge in [-0.2, -0.15) is 0 Å². The van der Waals surface area contributed by atoms with Crippen LogP contribution in [0.25, 0.3) is 0 Å². The predicted molar refractivity (Wildman–Crippen MR) is 67.7 cm³/mol. The monoisotopic (exact) mass is 320 g/mol. The van der Waals surface area contributed by atoms with E-state index in [-0.39, 0.29) is 6.04 Å². The van der Waals surface area contributed by atoms with Crippen LogP contribution in [0.5, 0.6) is 0 Å². The van der Waals surface area contributed by atoms with Gasteiger partial charge < -0.3 is 0 Å². The SMILES string of the molecule is C#CCC(NN)c1cc(Cl)ccc1I. The molecule has 0 radical (unpaired) electrons. The van der Waals surface area contributed by atoms with Gasteiger partial charge in [-0.1, -0.05) is 11.6 Å². The summed E-state index contributed by atoms with van der Waals surface area (Å²) in [5.41, 5.74) is 3.72. The molecule has 1 aromatic carbocycles. The van der Waals surface area contributed by atoms with E-state index in [9.17, 15) is 0 Å². The van der Waals surface area contributed by atoms with Crippen LogP contribution in [0.2, 0.25) is 5.02 Å². The maximum atomic E-state index is 5.89. The summed E-state index contributed by atoms with van der Waals surface area (Å²) in [6, 6.07) is 5.63. The molecule has 0 saturated carbocycles. The number of nitrogens with two attached hydrogens (primary N) is 1. The van der Waals surface area contributed by atoms with Gasteiger partial charge in [0.15, 0.2) is 0 Å². The molecule has 1 aromatic rings. The van der Waals surface area contributed by atoms with Crippen molar-refractivity contribution < 1.29 is 0 Å². The fraction of sp³-hybridized carbons (Fsp3) is 0.200. The maximum absolute atomic E-state index is 5.89. The van der Waals surface area contributed by atoms with E-state index in [1.165, 1.54) is 0 Å². The average Bonchev–Trinajstić information content (AvgIpc) is 2.18. The Morgan fingerprint density at radius 2 is 2.36 bits per heavy atom. The summed E-state index contributed by atoms with van der Waals surface area (Å²) in [7, 11) is 0. The van der Waals surface area contributed by atoms with Gasteiger partial charge in [-0.3, -0.25) is 11.3 Å². The molecule has 0 heterocycles. The van der Waals surface area contributed by atoms with Crippen LogP contribution in [0.4, 0.5) is 0 Å². The van der Waals surface area contributed by atoms with Gasteiger partial charge in [-0.15, -0.1) is 12.3 Å². The van der Waals surface area contributed by atoms with Gasteiger partial charge in [0.05, 0.1) is 6.04 Å². The quantitative estimate of drug-likeness (QED) is 0.389. The third kappa shape index (κ3) is 2.85. The van der Waals surface area contributed by atoms with E-state index in [0.717, 1.165) is 9.13 Å². The van der Waals surface area contributed by atoms with Crippen LogP contribution >= 0.6 is 34.2 Å². The fourth-order valence-corrected chi connectivity index (χ4v) is 2.05. The topological polar surface area (TPSA) is 38.0 Å². The van der Waals surface area contributed by atoms with E-state index in [0.29, 0.717) is 11.4 Å². The van der Waals surface area contributed by atoms with E-state index in [4.69, 9.17) is 23.9 Å². The molecule has 3 N–H and O–H groups in total. The van der Waals surface area contributed by atoms with E-state index in [1.807, 2.05) is 18.2 Å². The summed E-state index contributed by atoms with van der Waals surface area (Å²) in [6.07, 6.45) is 5.80. The second-order valence-electron chi connectivity index (χ2n) is 2.79. The first kappa shape index (κ1) is 11.8. The Balaban J connectivity index is 3.03. The summed E-state index contributed by atoms with van der Waals surface area (Å²) >= 11 is 8.13. The number of nitrogens with one attached hydrogen (secondary N) is 1. The molecule has 0 aliphatic heterocycles. The molecule has 1 rings (SSSR count).